The smallest absolute Gasteiger partial charge is 0.235 e. The van der Waals surface area contributed by atoms with Crippen molar-refractivity contribution >= 4 is 27.9 Å². The highest BCUT2D eigenvalue weighted by Crippen LogP contribution is 2.45. The molecule has 0 aliphatic rings. The number of nitrogens with zero attached hydrogens (tertiary/aromatic N) is 1. The van der Waals surface area contributed by atoms with Gasteiger partial charge in [-0.3, -0.25) is 4.79 Å². The quantitative estimate of drug-likeness (QED) is 0.402. The van der Waals surface area contributed by atoms with Gasteiger partial charge in [-0.25, -0.2) is 0 Å². The SMILES string of the molecule is COc1cc(OC)c2c(=O)c(O)c(-c3ccc(Cl)cc3)n3cc(-c4ccccc4)c1c23. The molecule has 0 aliphatic heterocycles. The number of methoxy groups -OCH3 is 2. The number of ether oxygens (including phenoxy) is 2. The van der Waals surface area contributed by atoms with Crippen LogP contribution in [0, 0.1) is 0 Å². The van der Waals surface area contributed by atoms with Crippen molar-refractivity contribution in [2.24, 2.45) is 0 Å². The number of rotatable bonds is 4. The molecule has 0 atom stereocenters. The molecule has 31 heavy (non-hydrogen) atoms. The minimum atomic E-state index is -0.500. The topological polar surface area (TPSA) is 60.2 Å². The maximum atomic E-state index is 13.3. The van der Waals surface area contributed by atoms with Gasteiger partial charge in [0, 0.05) is 28.4 Å². The Hall–Kier alpha value is -3.70. The van der Waals surface area contributed by atoms with E-state index >= 15 is 0 Å². The first-order chi connectivity index (χ1) is 15.0. The fraction of sp³-hybridized carbons (Fsp3) is 0.0800. The van der Waals surface area contributed by atoms with Crippen molar-refractivity contribution in [1.82, 2.24) is 4.40 Å². The molecule has 2 aromatic heterocycles. The highest BCUT2D eigenvalue weighted by Gasteiger charge is 2.26. The maximum absolute atomic E-state index is 13.3. The average molecular weight is 432 g/mol. The fourth-order valence-corrected chi connectivity index (χ4v) is 4.29. The van der Waals surface area contributed by atoms with Crippen molar-refractivity contribution in [2.75, 3.05) is 14.2 Å². The highest BCUT2D eigenvalue weighted by atomic mass is 35.5. The Morgan fingerprint density at radius 2 is 1.52 bits per heavy atom. The number of aromatic nitrogens is 1. The molecule has 0 aliphatic carbocycles. The van der Waals surface area contributed by atoms with Gasteiger partial charge in [-0.05, 0) is 17.7 Å². The summed E-state index contributed by atoms with van der Waals surface area (Å²) in [5, 5.41) is 12.6. The molecule has 0 spiro atoms. The van der Waals surface area contributed by atoms with Gasteiger partial charge in [0.15, 0.2) is 5.75 Å². The molecule has 0 amide bonds. The lowest BCUT2D eigenvalue weighted by Gasteiger charge is -2.14. The molecule has 5 nitrogen and oxygen atoms in total. The van der Waals surface area contributed by atoms with Gasteiger partial charge in [0.05, 0.1) is 36.2 Å². The minimum Gasteiger partial charge on any atom is -0.503 e. The zero-order chi connectivity index (χ0) is 21.7. The summed E-state index contributed by atoms with van der Waals surface area (Å²) in [4.78, 5) is 13.3. The van der Waals surface area contributed by atoms with E-state index in [1.54, 1.807) is 37.4 Å². The molecule has 6 heteroatoms. The first-order valence-corrected chi connectivity index (χ1v) is 10.0. The second-order valence-electron chi connectivity index (χ2n) is 7.19. The normalized spacial score (nSPS) is 11.3. The van der Waals surface area contributed by atoms with Gasteiger partial charge in [0.25, 0.3) is 0 Å². The highest BCUT2D eigenvalue weighted by molar-refractivity contribution is 6.30. The Morgan fingerprint density at radius 3 is 2.16 bits per heavy atom. The predicted molar refractivity (Wildman–Crippen MR) is 123 cm³/mol. The molecule has 0 saturated heterocycles. The Balaban J connectivity index is 2.03. The van der Waals surface area contributed by atoms with Gasteiger partial charge in [-0.2, -0.15) is 0 Å². The number of benzene rings is 3. The lowest BCUT2D eigenvalue weighted by molar-refractivity contribution is 0.400. The summed E-state index contributed by atoms with van der Waals surface area (Å²) < 4.78 is 13.0. The van der Waals surface area contributed by atoms with Gasteiger partial charge in [-0.15, -0.1) is 0 Å². The van der Waals surface area contributed by atoms with Crippen LogP contribution in [-0.2, 0) is 0 Å². The van der Waals surface area contributed by atoms with E-state index in [2.05, 4.69) is 0 Å². The molecule has 0 fully saturated rings. The Bertz CT molecular complexity index is 1470. The Labute approximate surface area is 183 Å². The van der Waals surface area contributed by atoms with Crippen molar-refractivity contribution in [3.05, 3.63) is 82.1 Å². The molecule has 2 heterocycles. The molecule has 154 valence electrons. The molecular formula is C25H18ClNO4. The van der Waals surface area contributed by atoms with E-state index < -0.39 is 5.43 Å². The fourth-order valence-electron chi connectivity index (χ4n) is 4.16. The average Bonchev–Trinajstić information content (AvgIpc) is 3.19. The van der Waals surface area contributed by atoms with E-state index in [1.807, 2.05) is 40.9 Å². The number of halogens is 1. The van der Waals surface area contributed by atoms with Crippen LogP contribution in [0.4, 0.5) is 0 Å². The zero-order valence-electron chi connectivity index (χ0n) is 16.8. The van der Waals surface area contributed by atoms with Gasteiger partial charge in [-0.1, -0.05) is 54.1 Å². The maximum Gasteiger partial charge on any atom is 0.235 e. The van der Waals surface area contributed by atoms with Crippen LogP contribution >= 0.6 is 11.6 Å². The lowest BCUT2D eigenvalue weighted by Crippen LogP contribution is -2.09. The summed E-state index contributed by atoms with van der Waals surface area (Å²) in [5.41, 5.74) is 3.02. The molecular weight excluding hydrogens is 414 g/mol. The second kappa shape index (κ2) is 7.22. The van der Waals surface area contributed by atoms with E-state index in [-0.39, 0.29) is 5.75 Å². The summed E-state index contributed by atoms with van der Waals surface area (Å²) in [5.74, 6) is 0.572. The van der Waals surface area contributed by atoms with E-state index in [4.69, 9.17) is 21.1 Å². The lowest BCUT2D eigenvalue weighted by atomic mass is 10.0. The number of aromatic hydroxyl groups is 1. The van der Waals surface area contributed by atoms with Crippen molar-refractivity contribution in [1.29, 1.82) is 0 Å². The van der Waals surface area contributed by atoms with Crippen LogP contribution in [-0.4, -0.2) is 23.7 Å². The van der Waals surface area contributed by atoms with E-state index in [9.17, 15) is 9.90 Å². The van der Waals surface area contributed by atoms with Gasteiger partial charge in [0.2, 0.25) is 5.43 Å². The van der Waals surface area contributed by atoms with Crippen LogP contribution in [0.25, 0.3) is 38.7 Å². The molecule has 0 bridgehead atoms. The Morgan fingerprint density at radius 1 is 0.871 bits per heavy atom. The minimum absolute atomic E-state index is 0.302. The molecule has 3 aromatic carbocycles. The van der Waals surface area contributed by atoms with Gasteiger partial charge in [0.1, 0.15) is 11.5 Å². The third-order valence-electron chi connectivity index (χ3n) is 5.55. The van der Waals surface area contributed by atoms with Gasteiger partial charge >= 0.3 is 0 Å². The van der Waals surface area contributed by atoms with Crippen LogP contribution in [0.5, 0.6) is 17.2 Å². The van der Waals surface area contributed by atoms with E-state index in [0.29, 0.717) is 38.7 Å². The van der Waals surface area contributed by atoms with Crippen LogP contribution in [0.15, 0.2) is 71.7 Å². The first-order valence-electron chi connectivity index (χ1n) is 9.64. The number of hydrogen-bond donors (Lipinski definition) is 1. The van der Waals surface area contributed by atoms with Crippen molar-refractivity contribution in [2.45, 2.75) is 0 Å². The molecule has 5 aromatic rings. The summed E-state index contributed by atoms with van der Waals surface area (Å²) in [6.07, 6.45) is 1.91. The third kappa shape index (κ3) is 2.81. The standard InChI is InChI=1S/C25H18ClNO4/c1-30-18-12-19(31-2)21-23-20(18)17(14-6-4-3-5-7-14)13-27(23)22(25(29)24(21)28)15-8-10-16(26)11-9-15/h3-13,29H,1-2H3. The molecule has 1 N–H and O–H groups in total. The monoisotopic (exact) mass is 431 g/mol. The molecule has 0 unspecified atom stereocenters. The molecule has 0 saturated carbocycles. The van der Waals surface area contributed by atoms with Crippen molar-refractivity contribution in [3.63, 3.8) is 0 Å². The molecule has 0 radical (unpaired) electrons. The van der Waals surface area contributed by atoms with Crippen LogP contribution in [0.2, 0.25) is 5.02 Å². The summed E-state index contributed by atoms with van der Waals surface area (Å²) in [6, 6.07) is 18.5. The summed E-state index contributed by atoms with van der Waals surface area (Å²) >= 11 is 6.06. The number of hydrogen-bond acceptors (Lipinski definition) is 4. The molecule has 5 rings (SSSR count). The first kappa shape index (κ1) is 19.3. The van der Waals surface area contributed by atoms with Crippen molar-refractivity contribution < 1.29 is 14.6 Å². The Kier molecular flexibility index (Phi) is 4.49. The second-order valence-corrected chi connectivity index (χ2v) is 7.63. The summed E-state index contributed by atoms with van der Waals surface area (Å²) in [7, 11) is 3.08. The van der Waals surface area contributed by atoms with E-state index in [0.717, 1.165) is 16.5 Å². The van der Waals surface area contributed by atoms with Crippen LogP contribution in [0.1, 0.15) is 0 Å². The predicted octanol–water partition coefficient (Wildman–Crippen LogP) is 5.60. The van der Waals surface area contributed by atoms with Crippen LogP contribution in [0.3, 0.4) is 0 Å². The van der Waals surface area contributed by atoms with Gasteiger partial charge < -0.3 is 19.0 Å². The largest absolute Gasteiger partial charge is 0.503 e. The van der Waals surface area contributed by atoms with E-state index in [1.165, 1.54) is 7.11 Å². The zero-order valence-corrected chi connectivity index (χ0v) is 17.6. The summed E-state index contributed by atoms with van der Waals surface area (Å²) in [6.45, 7) is 0. The van der Waals surface area contributed by atoms with Crippen molar-refractivity contribution in [3.8, 4) is 39.6 Å². The third-order valence-corrected chi connectivity index (χ3v) is 5.80. The van der Waals surface area contributed by atoms with Crippen LogP contribution < -0.4 is 14.9 Å². The number of pyridine rings is 1.